The van der Waals surface area contributed by atoms with Crippen molar-refractivity contribution >= 4 is 23.9 Å². The van der Waals surface area contributed by atoms with Crippen LogP contribution < -0.4 is 0 Å². The molecule has 0 aromatic heterocycles. The lowest BCUT2D eigenvalue weighted by Gasteiger charge is -2.21. The molecule has 0 aromatic rings. The Morgan fingerprint density at radius 1 is 0.727 bits per heavy atom. The standard InChI is InChI=1S/C25H38O8/c1-3-16-25(2,23(28)32-17-30-21(26)14-12-19-8-4-5-9-19)24(29)33-18-31-22(27)15-13-20-10-6-7-11-20/h3,16,19-20H,4-15,17-18H2,1-2H3. The van der Waals surface area contributed by atoms with Gasteiger partial charge >= 0.3 is 23.9 Å². The Bertz CT molecular complexity index is 637. The first-order valence-electron chi connectivity index (χ1n) is 12.1. The molecule has 0 heterocycles. The first-order valence-corrected chi connectivity index (χ1v) is 12.1. The molecule has 33 heavy (non-hydrogen) atoms. The number of rotatable bonds is 13. The molecule has 0 aromatic carbocycles. The summed E-state index contributed by atoms with van der Waals surface area (Å²) in [5.41, 5.74) is -1.75. The van der Waals surface area contributed by atoms with E-state index in [9.17, 15) is 19.2 Å². The fourth-order valence-electron chi connectivity index (χ4n) is 4.54. The summed E-state index contributed by atoms with van der Waals surface area (Å²) in [4.78, 5) is 48.8. The van der Waals surface area contributed by atoms with E-state index in [1.165, 1.54) is 44.8 Å². The van der Waals surface area contributed by atoms with Crippen molar-refractivity contribution in [3.8, 4) is 0 Å². The van der Waals surface area contributed by atoms with Gasteiger partial charge in [0.05, 0.1) is 0 Å². The van der Waals surface area contributed by atoms with Gasteiger partial charge in [-0.2, -0.15) is 0 Å². The maximum atomic E-state index is 12.5. The number of esters is 4. The third-order valence-electron chi connectivity index (χ3n) is 6.63. The van der Waals surface area contributed by atoms with Crippen molar-refractivity contribution in [3.63, 3.8) is 0 Å². The van der Waals surface area contributed by atoms with Crippen LogP contribution >= 0.6 is 0 Å². The lowest BCUT2D eigenvalue weighted by molar-refractivity contribution is -0.183. The summed E-state index contributed by atoms with van der Waals surface area (Å²) in [5, 5.41) is 0. The second-order valence-corrected chi connectivity index (χ2v) is 9.21. The van der Waals surface area contributed by atoms with Gasteiger partial charge in [-0.05, 0) is 38.5 Å². The third kappa shape index (κ3) is 9.18. The highest BCUT2D eigenvalue weighted by molar-refractivity contribution is 6.01. The molecule has 0 bridgehead atoms. The van der Waals surface area contributed by atoms with Crippen molar-refractivity contribution in [1.29, 1.82) is 0 Å². The highest BCUT2D eigenvalue weighted by atomic mass is 16.7. The summed E-state index contributed by atoms with van der Waals surface area (Å²) in [7, 11) is 0. The van der Waals surface area contributed by atoms with E-state index < -0.39 is 42.9 Å². The van der Waals surface area contributed by atoms with Crippen molar-refractivity contribution in [2.24, 2.45) is 17.3 Å². The minimum absolute atomic E-state index is 0.280. The van der Waals surface area contributed by atoms with Crippen LogP contribution in [0.25, 0.3) is 0 Å². The topological polar surface area (TPSA) is 105 Å². The Labute approximate surface area is 196 Å². The molecule has 0 saturated heterocycles. The molecular formula is C25H38O8. The van der Waals surface area contributed by atoms with Crippen molar-refractivity contribution in [2.75, 3.05) is 13.6 Å². The molecule has 0 N–H and O–H groups in total. The van der Waals surface area contributed by atoms with Crippen LogP contribution in [-0.4, -0.2) is 37.5 Å². The largest absolute Gasteiger partial charge is 0.428 e. The van der Waals surface area contributed by atoms with Gasteiger partial charge in [0.1, 0.15) is 0 Å². The average molecular weight is 467 g/mol. The van der Waals surface area contributed by atoms with Gasteiger partial charge in [-0.15, -0.1) is 0 Å². The molecule has 2 fully saturated rings. The molecule has 0 amide bonds. The van der Waals surface area contributed by atoms with Crippen LogP contribution in [0.15, 0.2) is 12.2 Å². The molecule has 2 aliphatic carbocycles. The van der Waals surface area contributed by atoms with Gasteiger partial charge in [0.2, 0.25) is 13.6 Å². The predicted octanol–water partition coefficient (Wildman–Crippen LogP) is 4.60. The number of carbonyl (C=O) groups excluding carboxylic acids is 4. The summed E-state index contributed by atoms with van der Waals surface area (Å²) in [6, 6.07) is 0. The zero-order valence-electron chi connectivity index (χ0n) is 20.0. The van der Waals surface area contributed by atoms with Gasteiger partial charge in [-0.3, -0.25) is 19.2 Å². The fraction of sp³-hybridized carbons (Fsp3) is 0.760. The maximum absolute atomic E-state index is 12.5. The van der Waals surface area contributed by atoms with Crippen LogP contribution in [0.1, 0.15) is 90.9 Å². The van der Waals surface area contributed by atoms with E-state index in [4.69, 9.17) is 18.9 Å². The molecule has 0 radical (unpaired) electrons. The SMILES string of the molecule is CC=CC(C)(C(=O)OCOC(=O)CCC1CCCC1)C(=O)OCOC(=O)CCC1CCCC1. The van der Waals surface area contributed by atoms with E-state index in [0.29, 0.717) is 11.8 Å². The van der Waals surface area contributed by atoms with Gasteiger partial charge < -0.3 is 18.9 Å². The van der Waals surface area contributed by atoms with Crippen molar-refractivity contribution in [3.05, 3.63) is 12.2 Å². The second-order valence-electron chi connectivity index (χ2n) is 9.21. The van der Waals surface area contributed by atoms with Crippen molar-refractivity contribution in [1.82, 2.24) is 0 Å². The first-order chi connectivity index (χ1) is 15.8. The van der Waals surface area contributed by atoms with Gasteiger partial charge in [0, 0.05) is 12.8 Å². The monoisotopic (exact) mass is 466 g/mol. The van der Waals surface area contributed by atoms with Crippen LogP contribution in [0, 0.1) is 17.3 Å². The third-order valence-corrected chi connectivity index (χ3v) is 6.63. The second kappa shape index (κ2) is 14.0. The zero-order chi connectivity index (χ0) is 24.1. The Morgan fingerprint density at radius 2 is 1.12 bits per heavy atom. The summed E-state index contributed by atoms with van der Waals surface area (Å²) < 4.78 is 20.0. The molecule has 0 unspecified atom stereocenters. The first kappa shape index (κ1) is 26.9. The molecule has 186 valence electrons. The number of allylic oxidation sites excluding steroid dienone is 1. The molecule has 0 aliphatic heterocycles. The molecule has 0 atom stereocenters. The lowest BCUT2D eigenvalue weighted by Crippen LogP contribution is -2.38. The summed E-state index contributed by atoms with van der Waals surface area (Å²) in [5.74, 6) is -1.58. The number of ether oxygens (including phenoxy) is 4. The molecule has 2 rings (SSSR count). The van der Waals surface area contributed by atoms with E-state index in [1.807, 2.05) is 0 Å². The van der Waals surface area contributed by atoms with Crippen LogP contribution in [0.3, 0.4) is 0 Å². The van der Waals surface area contributed by atoms with Crippen LogP contribution in [0.2, 0.25) is 0 Å². The number of carbonyl (C=O) groups is 4. The maximum Gasteiger partial charge on any atom is 0.330 e. The van der Waals surface area contributed by atoms with E-state index in [-0.39, 0.29) is 12.8 Å². The smallest absolute Gasteiger partial charge is 0.330 e. The zero-order valence-corrected chi connectivity index (χ0v) is 20.0. The fourth-order valence-corrected chi connectivity index (χ4v) is 4.54. The number of hydrogen-bond acceptors (Lipinski definition) is 8. The van der Waals surface area contributed by atoms with Crippen molar-refractivity contribution < 1.29 is 38.1 Å². The average Bonchev–Trinajstić information content (AvgIpc) is 3.50. The highest BCUT2D eigenvalue weighted by Gasteiger charge is 2.42. The molecule has 2 saturated carbocycles. The Hall–Kier alpha value is -2.38. The minimum atomic E-state index is -1.75. The van der Waals surface area contributed by atoms with E-state index in [0.717, 1.165) is 38.5 Å². The van der Waals surface area contributed by atoms with E-state index in [2.05, 4.69) is 0 Å². The van der Waals surface area contributed by atoms with Gasteiger partial charge in [0.15, 0.2) is 5.41 Å². The lowest BCUT2D eigenvalue weighted by atomic mass is 9.90. The van der Waals surface area contributed by atoms with Crippen molar-refractivity contribution in [2.45, 2.75) is 90.9 Å². The number of hydrogen-bond donors (Lipinski definition) is 0. The summed E-state index contributed by atoms with van der Waals surface area (Å²) >= 11 is 0. The Balaban J connectivity index is 1.69. The summed E-state index contributed by atoms with van der Waals surface area (Å²) in [6.45, 7) is 1.84. The molecule has 8 nitrogen and oxygen atoms in total. The Morgan fingerprint density at radius 3 is 1.48 bits per heavy atom. The minimum Gasteiger partial charge on any atom is -0.428 e. The normalized spacial score (nSPS) is 17.3. The molecule has 2 aliphatic rings. The van der Waals surface area contributed by atoms with Gasteiger partial charge in [-0.25, -0.2) is 0 Å². The highest BCUT2D eigenvalue weighted by Crippen LogP contribution is 2.29. The van der Waals surface area contributed by atoms with Crippen LogP contribution in [-0.2, 0) is 38.1 Å². The predicted molar refractivity (Wildman–Crippen MR) is 119 cm³/mol. The Kier molecular flexibility index (Phi) is 11.4. The van der Waals surface area contributed by atoms with E-state index in [1.54, 1.807) is 6.92 Å². The molecular weight excluding hydrogens is 428 g/mol. The molecule has 0 spiro atoms. The van der Waals surface area contributed by atoms with Crippen LogP contribution in [0.5, 0.6) is 0 Å². The van der Waals surface area contributed by atoms with Gasteiger partial charge in [0.25, 0.3) is 0 Å². The van der Waals surface area contributed by atoms with E-state index >= 15 is 0 Å². The summed E-state index contributed by atoms with van der Waals surface area (Å²) in [6.07, 6.45) is 14.3. The van der Waals surface area contributed by atoms with Gasteiger partial charge in [-0.1, -0.05) is 63.5 Å². The quantitative estimate of drug-likeness (QED) is 0.168. The molecule has 8 heteroatoms. The van der Waals surface area contributed by atoms with Crippen LogP contribution in [0.4, 0.5) is 0 Å².